The number of benzene rings is 1. The summed E-state index contributed by atoms with van der Waals surface area (Å²) in [7, 11) is -3.27. The van der Waals surface area contributed by atoms with E-state index >= 15 is 0 Å². The van der Waals surface area contributed by atoms with Gasteiger partial charge in [0.25, 0.3) is 0 Å². The number of sulfonamides is 1. The first kappa shape index (κ1) is 19.9. The summed E-state index contributed by atoms with van der Waals surface area (Å²) in [6.07, 6.45) is 3.78. The van der Waals surface area contributed by atoms with Crippen molar-refractivity contribution in [1.29, 1.82) is 0 Å². The van der Waals surface area contributed by atoms with Gasteiger partial charge in [-0.2, -0.15) is 0 Å². The van der Waals surface area contributed by atoms with Crippen LogP contribution in [0, 0.1) is 5.92 Å². The summed E-state index contributed by atoms with van der Waals surface area (Å²) in [5.74, 6) is 0.616. The summed E-state index contributed by atoms with van der Waals surface area (Å²) in [5, 5.41) is 3.42. The molecule has 0 spiro atoms. The second-order valence-electron chi connectivity index (χ2n) is 7.97. The topological polar surface area (TPSA) is 75.3 Å². The first-order valence-corrected chi connectivity index (χ1v) is 10.4. The molecule has 0 heterocycles. The molecule has 2 rings (SSSR count). The molecule has 140 valence electrons. The van der Waals surface area contributed by atoms with Gasteiger partial charge in [0.2, 0.25) is 10.0 Å². The van der Waals surface area contributed by atoms with Gasteiger partial charge in [-0.1, -0.05) is 0 Å². The van der Waals surface area contributed by atoms with E-state index in [1.807, 2.05) is 24.3 Å². The maximum Gasteiger partial charge on any atom is 0.216 e. The third-order valence-corrected chi connectivity index (χ3v) is 7.12. The van der Waals surface area contributed by atoms with Crippen molar-refractivity contribution < 1.29 is 13.2 Å². The van der Waals surface area contributed by atoms with E-state index in [1.165, 1.54) is 0 Å². The second-order valence-corrected chi connectivity index (χ2v) is 10.4. The molecular formula is C19H30N2O3S. The molecule has 6 heteroatoms. The molecule has 5 nitrogen and oxygen atoms in total. The van der Waals surface area contributed by atoms with E-state index in [2.05, 4.69) is 10.0 Å². The van der Waals surface area contributed by atoms with Gasteiger partial charge in [0, 0.05) is 23.8 Å². The third-order valence-electron chi connectivity index (χ3n) is 4.86. The number of rotatable bonds is 6. The monoisotopic (exact) mass is 366 g/mol. The van der Waals surface area contributed by atoms with Crippen LogP contribution in [0.2, 0.25) is 0 Å². The van der Waals surface area contributed by atoms with Crippen molar-refractivity contribution in [2.24, 2.45) is 5.92 Å². The quantitative estimate of drug-likeness (QED) is 0.755. The van der Waals surface area contributed by atoms with Crippen molar-refractivity contribution >= 4 is 21.5 Å². The standard InChI is InChI=1S/C19H30N2O3S/c1-14(22)16-7-11-17(12-8-16)20-13-15-5-9-18(10-6-15)21-25(23,24)19(2,3)4/h7-8,11-12,15,18,20-21H,5-6,9-10,13H2,1-4H3/t15-,18-. The molecule has 1 saturated carbocycles. The van der Waals surface area contributed by atoms with Crippen LogP contribution in [0.1, 0.15) is 63.7 Å². The summed E-state index contributed by atoms with van der Waals surface area (Å²) in [6, 6.07) is 7.58. The minimum atomic E-state index is -3.27. The maximum atomic E-state index is 12.2. The number of nitrogens with one attached hydrogen (secondary N) is 2. The van der Waals surface area contributed by atoms with Crippen molar-refractivity contribution in [2.75, 3.05) is 11.9 Å². The average molecular weight is 367 g/mol. The molecule has 0 aromatic heterocycles. The van der Waals surface area contributed by atoms with Gasteiger partial charge >= 0.3 is 0 Å². The Morgan fingerprint density at radius 2 is 1.64 bits per heavy atom. The van der Waals surface area contributed by atoms with Crippen LogP contribution in [0.4, 0.5) is 5.69 Å². The molecule has 0 aliphatic heterocycles. The normalized spacial score (nSPS) is 21.8. The van der Waals surface area contributed by atoms with Crippen LogP contribution in [0.5, 0.6) is 0 Å². The zero-order chi connectivity index (χ0) is 18.7. The number of ketones is 1. The van der Waals surface area contributed by atoms with Gasteiger partial charge in [-0.15, -0.1) is 0 Å². The highest BCUT2D eigenvalue weighted by Crippen LogP contribution is 2.26. The molecule has 1 aliphatic carbocycles. The van der Waals surface area contributed by atoms with Crippen molar-refractivity contribution in [3.63, 3.8) is 0 Å². The van der Waals surface area contributed by atoms with Gasteiger partial charge in [0.05, 0.1) is 4.75 Å². The van der Waals surface area contributed by atoms with Gasteiger partial charge in [-0.3, -0.25) is 4.79 Å². The number of Topliss-reactive ketones (excluding diaryl/α,β-unsaturated/α-hetero) is 1. The molecule has 0 bridgehead atoms. The molecular weight excluding hydrogens is 336 g/mol. The highest BCUT2D eigenvalue weighted by molar-refractivity contribution is 7.90. The lowest BCUT2D eigenvalue weighted by atomic mass is 9.86. The predicted octanol–water partition coefficient (Wildman–Crippen LogP) is 3.58. The van der Waals surface area contributed by atoms with E-state index in [9.17, 15) is 13.2 Å². The third kappa shape index (κ3) is 5.54. The molecule has 0 unspecified atom stereocenters. The fraction of sp³-hybridized carbons (Fsp3) is 0.632. The average Bonchev–Trinajstić information content (AvgIpc) is 2.53. The minimum absolute atomic E-state index is 0.0512. The molecule has 0 amide bonds. The minimum Gasteiger partial charge on any atom is -0.385 e. The van der Waals surface area contributed by atoms with Crippen LogP contribution in [0.15, 0.2) is 24.3 Å². The molecule has 1 fully saturated rings. The molecule has 1 aromatic rings. The molecule has 0 radical (unpaired) electrons. The van der Waals surface area contributed by atoms with Crippen LogP contribution < -0.4 is 10.0 Å². The Bertz CT molecular complexity index is 682. The molecule has 1 aromatic carbocycles. The van der Waals surface area contributed by atoms with E-state index in [4.69, 9.17) is 0 Å². The van der Waals surface area contributed by atoms with E-state index in [0.717, 1.165) is 43.5 Å². The fourth-order valence-corrected chi connectivity index (χ4v) is 3.99. The Morgan fingerprint density at radius 3 is 2.12 bits per heavy atom. The predicted molar refractivity (Wildman–Crippen MR) is 102 cm³/mol. The lowest BCUT2D eigenvalue weighted by Gasteiger charge is -2.31. The first-order valence-electron chi connectivity index (χ1n) is 8.95. The maximum absolute atomic E-state index is 12.2. The van der Waals surface area contributed by atoms with Gasteiger partial charge in [-0.25, -0.2) is 13.1 Å². The first-order chi connectivity index (χ1) is 11.6. The second kappa shape index (κ2) is 7.87. The zero-order valence-electron chi connectivity index (χ0n) is 15.6. The number of carbonyl (C=O) groups excluding carboxylic acids is 1. The highest BCUT2D eigenvalue weighted by Gasteiger charge is 2.32. The smallest absolute Gasteiger partial charge is 0.216 e. The SMILES string of the molecule is CC(=O)c1ccc(NC[C@H]2CC[C@H](NS(=O)(=O)C(C)(C)C)CC2)cc1. The largest absolute Gasteiger partial charge is 0.385 e. The van der Waals surface area contributed by atoms with E-state index in [1.54, 1.807) is 27.7 Å². The van der Waals surface area contributed by atoms with Gasteiger partial charge in [0.15, 0.2) is 5.78 Å². The number of hydrogen-bond acceptors (Lipinski definition) is 4. The Hall–Kier alpha value is -1.40. The Kier molecular flexibility index (Phi) is 6.27. The van der Waals surface area contributed by atoms with E-state index in [0.29, 0.717) is 5.92 Å². The molecule has 1 aliphatic rings. The molecule has 2 N–H and O–H groups in total. The summed E-state index contributed by atoms with van der Waals surface area (Å²) in [5.41, 5.74) is 1.73. The molecule has 0 saturated heterocycles. The fourth-order valence-electron chi connectivity index (χ4n) is 2.97. The van der Waals surface area contributed by atoms with Crippen LogP contribution in [-0.2, 0) is 10.0 Å². The summed E-state index contributed by atoms with van der Waals surface area (Å²) in [6.45, 7) is 7.61. The lowest BCUT2D eigenvalue weighted by molar-refractivity contribution is 0.101. The Morgan fingerprint density at radius 1 is 1.08 bits per heavy atom. The van der Waals surface area contributed by atoms with Crippen molar-refractivity contribution in [2.45, 2.75) is 64.2 Å². The molecule has 0 atom stereocenters. The molecule has 25 heavy (non-hydrogen) atoms. The Labute approximate surface area is 151 Å². The highest BCUT2D eigenvalue weighted by atomic mass is 32.2. The number of hydrogen-bond donors (Lipinski definition) is 2. The lowest BCUT2D eigenvalue weighted by Crippen LogP contribution is -2.46. The van der Waals surface area contributed by atoms with Crippen LogP contribution >= 0.6 is 0 Å². The van der Waals surface area contributed by atoms with Crippen molar-refractivity contribution in [1.82, 2.24) is 4.72 Å². The number of carbonyl (C=O) groups is 1. The summed E-state index contributed by atoms with van der Waals surface area (Å²) >= 11 is 0. The number of anilines is 1. The Balaban J connectivity index is 1.78. The van der Waals surface area contributed by atoms with Crippen molar-refractivity contribution in [3.05, 3.63) is 29.8 Å². The van der Waals surface area contributed by atoms with Crippen molar-refractivity contribution in [3.8, 4) is 0 Å². The van der Waals surface area contributed by atoms with E-state index in [-0.39, 0.29) is 11.8 Å². The summed E-state index contributed by atoms with van der Waals surface area (Å²) < 4.78 is 26.6. The zero-order valence-corrected chi connectivity index (χ0v) is 16.4. The van der Waals surface area contributed by atoms with E-state index < -0.39 is 14.8 Å². The van der Waals surface area contributed by atoms with Gasteiger partial charge < -0.3 is 5.32 Å². The van der Waals surface area contributed by atoms with Gasteiger partial charge in [0.1, 0.15) is 0 Å². The summed E-state index contributed by atoms with van der Waals surface area (Å²) in [4.78, 5) is 11.3. The van der Waals surface area contributed by atoms with Gasteiger partial charge in [-0.05, 0) is 83.6 Å². The van der Waals surface area contributed by atoms with Crippen LogP contribution in [0.25, 0.3) is 0 Å². The van der Waals surface area contributed by atoms with Crippen LogP contribution in [0.3, 0.4) is 0 Å². The van der Waals surface area contributed by atoms with Crippen LogP contribution in [-0.4, -0.2) is 31.5 Å².